The molecule has 8 heteroatoms. The molecule has 0 aliphatic heterocycles. The van der Waals surface area contributed by atoms with Crippen molar-refractivity contribution in [1.29, 1.82) is 0 Å². The summed E-state index contributed by atoms with van der Waals surface area (Å²) in [5, 5.41) is 12.9. The van der Waals surface area contributed by atoms with Crippen molar-refractivity contribution in [3.05, 3.63) is 30.3 Å². The number of halogens is 2. The van der Waals surface area contributed by atoms with E-state index in [1.54, 1.807) is 0 Å². The zero-order valence-corrected chi connectivity index (χ0v) is 9.23. The van der Waals surface area contributed by atoms with Crippen LogP contribution in [0.5, 0.6) is 0 Å². The summed E-state index contributed by atoms with van der Waals surface area (Å²) in [6.07, 6.45) is 1.36. The minimum atomic E-state index is -0.555. The van der Waals surface area contributed by atoms with Crippen molar-refractivity contribution in [3.63, 3.8) is 0 Å². The molecule has 1 heterocycles. The van der Waals surface area contributed by atoms with Gasteiger partial charge in [0, 0.05) is 0 Å². The Morgan fingerprint density at radius 1 is 1.53 bits per heavy atom. The fourth-order valence-corrected chi connectivity index (χ4v) is 1.28. The lowest BCUT2D eigenvalue weighted by Crippen LogP contribution is -2.14. The van der Waals surface area contributed by atoms with Gasteiger partial charge in [0.05, 0.1) is 11.4 Å². The number of rotatable bonds is 3. The van der Waals surface area contributed by atoms with Crippen LogP contribution in [0, 0.1) is 5.82 Å². The Balaban J connectivity index is 2.33. The predicted octanol–water partition coefficient (Wildman–Crippen LogP) is 0.979. The van der Waals surface area contributed by atoms with Crippen LogP contribution in [0.4, 0.5) is 10.1 Å². The van der Waals surface area contributed by atoms with Crippen LogP contribution in [0.15, 0.2) is 24.5 Å². The van der Waals surface area contributed by atoms with Crippen molar-refractivity contribution in [3.8, 4) is 5.69 Å². The molecule has 1 aromatic carbocycles. The molecule has 88 valence electrons. The monoisotopic (exact) mass is 255 g/mol. The molecule has 0 aliphatic carbocycles. The highest BCUT2D eigenvalue weighted by Gasteiger charge is 2.08. The number of carbonyl (C=O) groups is 1. The number of benzene rings is 1. The van der Waals surface area contributed by atoms with Gasteiger partial charge in [-0.3, -0.25) is 4.79 Å². The fraction of sp³-hybridized carbons (Fsp3) is 0.111. The molecule has 6 nitrogen and oxygen atoms in total. The molecule has 0 bridgehead atoms. The summed E-state index contributed by atoms with van der Waals surface area (Å²) in [5.74, 6) is -1.28. The van der Waals surface area contributed by atoms with E-state index in [1.807, 2.05) is 0 Å². The first-order valence-electron chi connectivity index (χ1n) is 4.59. The van der Waals surface area contributed by atoms with E-state index in [4.69, 9.17) is 11.6 Å². The molecule has 2 aromatic rings. The molecular weight excluding hydrogens is 249 g/mol. The summed E-state index contributed by atoms with van der Waals surface area (Å²) in [6, 6.07) is 4.11. The molecule has 0 spiro atoms. The average Bonchev–Trinajstić information content (AvgIpc) is 2.85. The van der Waals surface area contributed by atoms with Gasteiger partial charge in [-0.25, -0.2) is 9.07 Å². The summed E-state index contributed by atoms with van der Waals surface area (Å²) in [7, 11) is 0. The van der Waals surface area contributed by atoms with Crippen LogP contribution < -0.4 is 5.32 Å². The predicted molar refractivity (Wildman–Crippen MR) is 58.5 cm³/mol. The molecule has 0 aliphatic rings. The van der Waals surface area contributed by atoms with Crippen LogP contribution >= 0.6 is 11.6 Å². The number of aromatic nitrogens is 4. The van der Waals surface area contributed by atoms with Gasteiger partial charge in [-0.1, -0.05) is 0 Å². The van der Waals surface area contributed by atoms with Crippen LogP contribution in [0.25, 0.3) is 5.69 Å². The maximum atomic E-state index is 13.4. The number of amides is 1. The summed E-state index contributed by atoms with van der Waals surface area (Å²) >= 11 is 5.32. The maximum Gasteiger partial charge on any atom is 0.239 e. The van der Waals surface area contributed by atoms with Gasteiger partial charge in [0.15, 0.2) is 0 Å². The second kappa shape index (κ2) is 4.88. The third kappa shape index (κ3) is 2.56. The van der Waals surface area contributed by atoms with E-state index in [2.05, 4.69) is 20.8 Å². The van der Waals surface area contributed by atoms with Gasteiger partial charge in [0.2, 0.25) is 5.91 Å². The second-order valence-corrected chi connectivity index (χ2v) is 3.37. The van der Waals surface area contributed by atoms with E-state index in [9.17, 15) is 9.18 Å². The lowest BCUT2D eigenvalue weighted by molar-refractivity contribution is -0.113. The largest absolute Gasteiger partial charge is 0.322 e. The fourth-order valence-electron chi connectivity index (χ4n) is 1.21. The molecule has 1 amide bonds. The summed E-state index contributed by atoms with van der Waals surface area (Å²) in [5.41, 5.74) is 0.560. The molecule has 2 rings (SSSR count). The molecule has 1 aromatic heterocycles. The second-order valence-electron chi connectivity index (χ2n) is 3.10. The van der Waals surface area contributed by atoms with Gasteiger partial charge >= 0.3 is 0 Å². The van der Waals surface area contributed by atoms with Crippen molar-refractivity contribution in [2.24, 2.45) is 0 Å². The van der Waals surface area contributed by atoms with Gasteiger partial charge in [-0.2, -0.15) is 0 Å². The maximum absolute atomic E-state index is 13.4. The minimum absolute atomic E-state index is 0.0312. The van der Waals surface area contributed by atoms with E-state index in [0.29, 0.717) is 5.69 Å². The normalized spacial score (nSPS) is 10.2. The van der Waals surface area contributed by atoms with Crippen LogP contribution in [-0.4, -0.2) is 32.0 Å². The Kier molecular flexibility index (Phi) is 3.29. The topological polar surface area (TPSA) is 72.7 Å². The smallest absolute Gasteiger partial charge is 0.239 e. The standard InChI is InChI=1S/C9H7ClFN5O/c10-4-9(17)13-8-3-6(1-2-7(8)11)16-5-12-14-15-16/h1-3,5H,4H2,(H,13,17). The van der Waals surface area contributed by atoms with E-state index in [0.717, 1.165) is 0 Å². The van der Waals surface area contributed by atoms with E-state index < -0.39 is 11.7 Å². The number of carbonyl (C=O) groups excluding carboxylic acids is 1. The van der Waals surface area contributed by atoms with Gasteiger partial charge in [0.25, 0.3) is 0 Å². The Labute approximate surface area is 100 Å². The lowest BCUT2D eigenvalue weighted by Gasteiger charge is -2.06. The van der Waals surface area contributed by atoms with Gasteiger partial charge in [-0.15, -0.1) is 16.7 Å². The number of hydrogen-bond acceptors (Lipinski definition) is 4. The molecule has 0 saturated heterocycles. The van der Waals surface area contributed by atoms with Crippen molar-refractivity contribution in [2.75, 3.05) is 11.2 Å². The highest BCUT2D eigenvalue weighted by atomic mass is 35.5. The first-order chi connectivity index (χ1) is 8.20. The molecule has 17 heavy (non-hydrogen) atoms. The third-order valence-corrected chi connectivity index (χ3v) is 2.20. The van der Waals surface area contributed by atoms with Crippen LogP contribution in [-0.2, 0) is 4.79 Å². The number of anilines is 1. The van der Waals surface area contributed by atoms with Crippen molar-refractivity contribution < 1.29 is 9.18 Å². The number of hydrogen-bond donors (Lipinski definition) is 1. The number of nitrogens with one attached hydrogen (secondary N) is 1. The van der Waals surface area contributed by atoms with Crippen LogP contribution in [0.1, 0.15) is 0 Å². The summed E-state index contributed by atoms with van der Waals surface area (Å²) in [4.78, 5) is 11.1. The van der Waals surface area contributed by atoms with Crippen molar-refractivity contribution >= 4 is 23.2 Å². The highest BCUT2D eigenvalue weighted by Crippen LogP contribution is 2.18. The molecule has 0 fully saturated rings. The zero-order chi connectivity index (χ0) is 12.3. The molecule has 0 saturated carbocycles. The first-order valence-corrected chi connectivity index (χ1v) is 5.13. The Hall–Kier alpha value is -2.02. The SMILES string of the molecule is O=C(CCl)Nc1cc(-n2cnnn2)ccc1F. The quantitative estimate of drug-likeness (QED) is 0.830. The zero-order valence-electron chi connectivity index (χ0n) is 8.47. The van der Waals surface area contributed by atoms with Gasteiger partial charge in [-0.05, 0) is 28.6 Å². The van der Waals surface area contributed by atoms with Gasteiger partial charge < -0.3 is 5.32 Å². The summed E-state index contributed by atoms with van der Waals surface area (Å²) in [6.45, 7) is 0. The third-order valence-electron chi connectivity index (χ3n) is 1.96. The van der Waals surface area contributed by atoms with Crippen molar-refractivity contribution in [2.45, 2.75) is 0 Å². The number of alkyl halides is 1. The first kappa shape index (κ1) is 11.5. The van der Waals surface area contributed by atoms with E-state index in [1.165, 1.54) is 29.2 Å². The Morgan fingerprint density at radius 3 is 3.00 bits per heavy atom. The summed E-state index contributed by atoms with van der Waals surface area (Å²) < 4.78 is 14.7. The lowest BCUT2D eigenvalue weighted by atomic mass is 10.2. The van der Waals surface area contributed by atoms with Crippen LogP contribution in [0.2, 0.25) is 0 Å². The molecule has 0 unspecified atom stereocenters. The van der Waals surface area contributed by atoms with Crippen LogP contribution in [0.3, 0.4) is 0 Å². The molecule has 0 radical (unpaired) electrons. The van der Waals surface area contributed by atoms with E-state index >= 15 is 0 Å². The number of nitrogens with zero attached hydrogens (tertiary/aromatic N) is 4. The molecule has 1 N–H and O–H groups in total. The average molecular weight is 256 g/mol. The molecule has 0 atom stereocenters. The Morgan fingerprint density at radius 2 is 2.35 bits per heavy atom. The number of tetrazole rings is 1. The highest BCUT2D eigenvalue weighted by molar-refractivity contribution is 6.29. The molecular formula is C9H7ClFN5O. The van der Waals surface area contributed by atoms with E-state index in [-0.39, 0.29) is 11.6 Å². The van der Waals surface area contributed by atoms with Crippen molar-refractivity contribution in [1.82, 2.24) is 20.2 Å². The minimum Gasteiger partial charge on any atom is -0.322 e. The Bertz CT molecular complexity index is 530. The van der Waals surface area contributed by atoms with Gasteiger partial charge in [0.1, 0.15) is 18.0 Å².